The number of fused-ring (bicyclic) bond motifs is 1. The molecule has 1 unspecified atom stereocenters. The molecule has 4 heterocycles. The Morgan fingerprint density at radius 2 is 1.77 bits per heavy atom. The van der Waals surface area contributed by atoms with Gasteiger partial charge in [-0.2, -0.15) is 0 Å². The predicted octanol–water partition coefficient (Wildman–Crippen LogP) is 5.74. The summed E-state index contributed by atoms with van der Waals surface area (Å²) < 4.78 is 13.4. The van der Waals surface area contributed by atoms with Crippen LogP contribution in [0.15, 0.2) is 76.8 Å². The lowest BCUT2D eigenvalue weighted by Gasteiger charge is -2.23. The van der Waals surface area contributed by atoms with Crippen molar-refractivity contribution in [3.8, 4) is 11.5 Å². The number of rotatable bonds is 8. The van der Waals surface area contributed by atoms with Gasteiger partial charge in [-0.1, -0.05) is 65.6 Å². The summed E-state index contributed by atoms with van der Waals surface area (Å²) in [5.74, 6) is -0.495. The van der Waals surface area contributed by atoms with Crippen molar-refractivity contribution in [2.24, 2.45) is 0 Å². The number of anilines is 1. The molecule has 1 aliphatic heterocycles. The van der Waals surface area contributed by atoms with Crippen molar-refractivity contribution in [2.75, 3.05) is 19.1 Å². The molecule has 0 bridgehead atoms. The highest BCUT2D eigenvalue weighted by Gasteiger charge is 2.49. The molecule has 0 spiro atoms. The molecule has 0 saturated carbocycles. The SMILES string of the molecule is COc1ccc(C2C(=C(O)c3nc4c(C)cccn4c3C)C(=O)C(=O)N2c2nnc(SCc3ccccc3)s2)cc1OC. The summed E-state index contributed by atoms with van der Waals surface area (Å²) >= 11 is 2.69. The Labute approximate surface area is 255 Å². The molecule has 2 aromatic carbocycles. The number of ketones is 1. The Hall–Kier alpha value is -4.68. The van der Waals surface area contributed by atoms with E-state index in [0.717, 1.165) is 11.1 Å². The van der Waals surface area contributed by atoms with Crippen LogP contribution in [0.3, 0.4) is 0 Å². The second-order valence-electron chi connectivity index (χ2n) is 9.84. The van der Waals surface area contributed by atoms with Crippen molar-refractivity contribution in [1.82, 2.24) is 19.6 Å². The molecule has 43 heavy (non-hydrogen) atoms. The van der Waals surface area contributed by atoms with E-state index < -0.39 is 17.7 Å². The highest BCUT2D eigenvalue weighted by Crippen LogP contribution is 2.45. The number of aliphatic hydroxyl groups is 1. The predicted molar refractivity (Wildman–Crippen MR) is 165 cm³/mol. The van der Waals surface area contributed by atoms with Gasteiger partial charge in [0.15, 0.2) is 21.6 Å². The van der Waals surface area contributed by atoms with Gasteiger partial charge in [0.05, 0.1) is 31.5 Å². The van der Waals surface area contributed by atoms with Gasteiger partial charge in [0.1, 0.15) is 11.3 Å². The normalized spacial score (nSPS) is 16.3. The quantitative estimate of drug-likeness (QED) is 0.0768. The van der Waals surface area contributed by atoms with Gasteiger partial charge in [0.25, 0.3) is 5.78 Å². The number of pyridine rings is 1. The Morgan fingerprint density at radius 1 is 1.00 bits per heavy atom. The number of Topliss-reactive ketones (excluding diaryl/α,β-unsaturated/α-hetero) is 1. The number of hydrogen-bond acceptors (Lipinski definition) is 10. The summed E-state index contributed by atoms with van der Waals surface area (Å²) in [5.41, 5.74) is 3.92. The van der Waals surface area contributed by atoms with E-state index in [-0.39, 0.29) is 22.2 Å². The second kappa shape index (κ2) is 11.5. The van der Waals surface area contributed by atoms with Crippen LogP contribution in [0.2, 0.25) is 0 Å². The number of carbonyl (C=O) groups excluding carboxylic acids is 2. The molecule has 6 rings (SSSR count). The molecular weight excluding hydrogens is 587 g/mol. The molecule has 1 amide bonds. The van der Waals surface area contributed by atoms with Gasteiger partial charge in [-0.15, -0.1) is 10.2 Å². The Morgan fingerprint density at radius 3 is 2.49 bits per heavy atom. The van der Waals surface area contributed by atoms with Crippen molar-refractivity contribution >= 4 is 51.3 Å². The number of hydrogen-bond donors (Lipinski definition) is 1. The zero-order chi connectivity index (χ0) is 30.2. The minimum Gasteiger partial charge on any atom is -0.505 e. The van der Waals surface area contributed by atoms with Gasteiger partial charge in [0, 0.05) is 11.9 Å². The number of methoxy groups -OCH3 is 2. The van der Waals surface area contributed by atoms with Gasteiger partial charge < -0.3 is 19.0 Å². The van der Waals surface area contributed by atoms with Crippen molar-refractivity contribution < 1.29 is 24.2 Å². The third-order valence-corrected chi connectivity index (χ3v) is 9.41. The fourth-order valence-electron chi connectivity index (χ4n) is 5.12. The molecule has 3 aromatic heterocycles. The summed E-state index contributed by atoms with van der Waals surface area (Å²) in [7, 11) is 3.02. The first-order valence-electron chi connectivity index (χ1n) is 13.3. The van der Waals surface area contributed by atoms with E-state index in [1.54, 1.807) is 25.1 Å². The molecule has 5 aromatic rings. The van der Waals surface area contributed by atoms with Gasteiger partial charge >= 0.3 is 5.91 Å². The smallest absolute Gasteiger partial charge is 0.301 e. The van der Waals surface area contributed by atoms with E-state index in [2.05, 4.69) is 15.2 Å². The van der Waals surface area contributed by atoms with Crippen molar-refractivity contribution in [2.45, 2.75) is 30.0 Å². The lowest BCUT2D eigenvalue weighted by Crippen LogP contribution is -2.29. The highest BCUT2D eigenvalue weighted by molar-refractivity contribution is 8.00. The van der Waals surface area contributed by atoms with Crippen LogP contribution in [-0.2, 0) is 15.3 Å². The van der Waals surface area contributed by atoms with Crippen LogP contribution in [0.1, 0.15) is 34.1 Å². The van der Waals surface area contributed by atoms with Crippen LogP contribution in [-0.4, -0.2) is 50.6 Å². The first kappa shape index (κ1) is 28.4. The third kappa shape index (κ3) is 5.02. The maximum absolute atomic E-state index is 13.7. The van der Waals surface area contributed by atoms with Gasteiger partial charge in [-0.05, 0) is 48.7 Å². The Bertz CT molecular complexity index is 1900. The summed E-state index contributed by atoms with van der Waals surface area (Å²) in [4.78, 5) is 33.4. The summed E-state index contributed by atoms with van der Waals surface area (Å²) in [6.07, 6.45) is 1.84. The Kier molecular flexibility index (Phi) is 7.63. The number of ether oxygens (including phenoxy) is 2. The van der Waals surface area contributed by atoms with Gasteiger partial charge in [-0.25, -0.2) is 4.98 Å². The number of aliphatic hydroxyl groups excluding tert-OH is 1. The van der Waals surface area contributed by atoms with Gasteiger partial charge in [0.2, 0.25) is 5.13 Å². The topological polar surface area (TPSA) is 119 Å². The van der Waals surface area contributed by atoms with Crippen LogP contribution >= 0.6 is 23.1 Å². The molecule has 1 saturated heterocycles. The average molecular weight is 614 g/mol. The number of nitrogens with zero attached hydrogens (tertiary/aromatic N) is 5. The number of carbonyl (C=O) groups is 2. The second-order valence-corrected chi connectivity index (χ2v) is 12.0. The number of aryl methyl sites for hydroxylation is 2. The van der Waals surface area contributed by atoms with Crippen LogP contribution in [0.5, 0.6) is 11.5 Å². The minimum atomic E-state index is -1.02. The molecule has 0 aliphatic carbocycles. The highest BCUT2D eigenvalue weighted by atomic mass is 32.2. The zero-order valence-corrected chi connectivity index (χ0v) is 25.4. The van der Waals surface area contributed by atoms with E-state index in [1.807, 2.05) is 60.0 Å². The van der Waals surface area contributed by atoms with Crippen LogP contribution in [0, 0.1) is 13.8 Å². The molecule has 218 valence electrons. The van der Waals surface area contributed by atoms with E-state index in [0.29, 0.717) is 38.5 Å². The van der Waals surface area contributed by atoms with Crippen LogP contribution in [0.25, 0.3) is 11.4 Å². The van der Waals surface area contributed by atoms with Crippen molar-refractivity contribution in [1.29, 1.82) is 0 Å². The van der Waals surface area contributed by atoms with Crippen molar-refractivity contribution in [3.63, 3.8) is 0 Å². The summed E-state index contributed by atoms with van der Waals surface area (Å²) in [6, 6.07) is 17.8. The van der Waals surface area contributed by atoms with E-state index in [4.69, 9.17) is 9.47 Å². The number of amides is 1. The fraction of sp³-hybridized carbons (Fsp3) is 0.194. The number of imidazole rings is 1. The third-order valence-electron chi connectivity index (χ3n) is 7.28. The standard InChI is InChI=1S/C31H27N5O5S2/c1-17-9-8-14-35-18(2)24(32-28(17)35)26(37)23-25(20-12-13-21(40-3)22(15-20)41-4)36(29(39)27(23)38)30-33-34-31(43-30)42-16-19-10-6-5-7-11-19/h5-15,25,37H,16H2,1-4H3. The number of thioether (sulfide) groups is 1. The summed E-state index contributed by atoms with van der Waals surface area (Å²) in [5, 5.41) is 20.6. The number of benzene rings is 2. The van der Waals surface area contributed by atoms with E-state index in [1.165, 1.54) is 42.2 Å². The molecule has 1 aliphatic rings. The first-order valence-corrected chi connectivity index (χ1v) is 15.1. The maximum Gasteiger partial charge on any atom is 0.301 e. The van der Waals surface area contributed by atoms with Crippen molar-refractivity contribution in [3.05, 3.63) is 101 Å². The molecule has 1 N–H and O–H groups in total. The van der Waals surface area contributed by atoms with E-state index >= 15 is 0 Å². The lowest BCUT2D eigenvalue weighted by atomic mass is 9.96. The molecular formula is C31H27N5O5S2. The monoisotopic (exact) mass is 613 g/mol. The van der Waals surface area contributed by atoms with E-state index in [9.17, 15) is 14.7 Å². The molecule has 0 radical (unpaired) electrons. The Balaban J connectivity index is 1.48. The number of aromatic nitrogens is 4. The molecule has 12 heteroatoms. The lowest BCUT2D eigenvalue weighted by molar-refractivity contribution is -0.132. The first-order chi connectivity index (χ1) is 20.8. The average Bonchev–Trinajstić information content (AvgIpc) is 3.71. The summed E-state index contributed by atoms with van der Waals surface area (Å²) in [6.45, 7) is 3.72. The molecule has 1 atom stereocenters. The molecule has 10 nitrogen and oxygen atoms in total. The van der Waals surface area contributed by atoms with Crippen LogP contribution < -0.4 is 14.4 Å². The van der Waals surface area contributed by atoms with Gasteiger partial charge in [-0.3, -0.25) is 14.5 Å². The maximum atomic E-state index is 13.7. The van der Waals surface area contributed by atoms with Crippen LogP contribution in [0.4, 0.5) is 5.13 Å². The minimum absolute atomic E-state index is 0.102. The zero-order valence-electron chi connectivity index (χ0n) is 23.8. The fourth-order valence-corrected chi connectivity index (χ4v) is 6.94. The molecule has 1 fully saturated rings. The largest absolute Gasteiger partial charge is 0.505 e.